The average molecular weight is 349 g/mol. The standard InChI is InChI=1S/C16H17BrN2O2/c1-10(18-19-12-6-4-11(17)5-7-12)15-13(20)8-16(2,3)9-14(15)21/h4-7H,8-9H2,1-3H3. The molecule has 0 heterocycles. The van der Waals surface area contributed by atoms with E-state index in [9.17, 15) is 9.59 Å². The van der Waals surface area contributed by atoms with Gasteiger partial charge in [0.05, 0.1) is 17.0 Å². The van der Waals surface area contributed by atoms with Gasteiger partial charge in [0.1, 0.15) is 0 Å². The monoisotopic (exact) mass is 348 g/mol. The third-order valence-corrected chi connectivity index (χ3v) is 3.87. The molecule has 0 bridgehead atoms. The van der Waals surface area contributed by atoms with Crippen LogP contribution in [0.15, 0.2) is 50.2 Å². The Bertz CT molecular complexity index is 621. The van der Waals surface area contributed by atoms with Crippen molar-refractivity contribution in [3.05, 3.63) is 40.0 Å². The van der Waals surface area contributed by atoms with Gasteiger partial charge in [0.2, 0.25) is 0 Å². The van der Waals surface area contributed by atoms with E-state index < -0.39 is 0 Å². The maximum atomic E-state index is 12.1. The SMILES string of the molecule is CC(N=Nc1ccc(Br)cc1)=C1C(=O)CC(C)(C)CC1=O. The van der Waals surface area contributed by atoms with Crippen LogP contribution >= 0.6 is 15.9 Å². The molecule has 1 aliphatic carbocycles. The van der Waals surface area contributed by atoms with Crippen molar-refractivity contribution in [3.63, 3.8) is 0 Å². The van der Waals surface area contributed by atoms with Crippen LogP contribution in [0.2, 0.25) is 0 Å². The minimum absolute atomic E-state index is 0.136. The van der Waals surface area contributed by atoms with Gasteiger partial charge in [0, 0.05) is 17.3 Å². The van der Waals surface area contributed by atoms with Gasteiger partial charge in [-0.1, -0.05) is 29.8 Å². The fourth-order valence-electron chi connectivity index (χ4n) is 2.36. The lowest BCUT2D eigenvalue weighted by molar-refractivity contribution is -0.127. The van der Waals surface area contributed by atoms with Crippen LogP contribution in [-0.2, 0) is 9.59 Å². The molecule has 1 saturated carbocycles. The molecule has 0 atom stereocenters. The predicted molar refractivity (Wildman–Crippen MR) is 84.4 cm³/mol. The summed E-state index contributed by atoms with van der Waals surface area (Å²) in [5.74, 6) is -0.271. The smallest absolute Gasteiger partial charge is 0.168 e. The summed E-state index contributed by atoms with van der Waals surface area (Å²) in [6.45, 7) is 5.52. The maximum absolute atomic E-state index is 12.1. The minimum atomic E-state index is -0.263. The molecule has 0 aliphatic heterocycles. The molecule has 1 aromatic rings. The van der Waals surface area contributed by atoms with Crippen molar-refractivity contribution in [2.75, 3.05) is 0 Å². The molecule has 1 aliphatic rings. The number of rotatable bonds is 2. The zero-order valence-electron chi connectivity index (χ0n) is 12.3. The van der Waals surface area contributed by atoms with Crippen molar-refractivity contribution in [2.24, 2.45) is 15.6 Å². The predicted octanol–water partition coefficient (Wildman–Crippen LogP) is 4.77. The first-order valence-electron chi connectivity index (χ1n) is 6.73. The van der Waals surface area contributed by atoms with Crippen LogP contribution in [0.1, 0.15) is 33.6 Å². The van der Waals surface area contributed by atoms with E-state index in [2.05, 4.69) is 26.2 Å². The van der Waals surface area contributed by atoms with Crippen LogP contribution < -0.4 is 0 Å². The Balaban J connectivity index is 2.25. The van der Waals surface area contributed by atoms with E-state index in [4.69, 9.17) is 0 Å². The van der Waals surface area contributed by atoms with E-state index in [-0.39, 0.29) is 22.6 Å². The molecule has 0 amide bonds. The van der Waals surface area contributed by atoms with Gasteiger partial charge in [0.25, 0.3) is 0 Å². The molecule has 2 rings (SSSR count). The van der Waals surface area contributed by atoms with E-state index >= 15 is 0 Å². The number of hydrogen-bond acceptors (Lipinski definition) is 4. The highest BCUT2D eigenvalue weighted by atomic mass is 79.9. The molecule has 21 heavy (non-hydrogen) atoms. The first-order chi connectivity index (χ1) is 9.78. The minimum Gasteiger partial charge on any atom is -0.294 e. The molecule has 1 aromatic carbocycles. The van der Waals surface area contributed by atoms with Gasteiger partial charge in [0.15, 0.2) is 11.6 Å². The molecule has 0 saturated heterocycles. The summed E-state index contributed by atoms with van der Waals surface area (Å²) in [6, 6.07) is 7.32. The maximum Gasteiger partial charge on any atom is 0.168 e. The fourth-order valence-corrected chi connectivity index (χ4v) is 2.62. The van der Waals surface area contributed by atoms with Crippen LogP contribution in [0.3, 0.4) is 0 Å². The molecule has 0 radical (unpaired) electrons. The highest BCUT2D eigenvalue weighted by Crippen LogP contribution is 2.35. The van der Waals surface area contributed by atoms with Gasteiger partial charge in [-0.3, -0.25) is 9.59 Å². The zero-order valence-corrected chi connectivity index (χ0v) is 13.9. The Morgan fingerprint density at radius 3 is 2.14 bits per heavy atom. The summed E-state index contributed by atoms with van der Waals surface area (Å²) in [5.41, 5.74) is 1.01. The molecular formula is C16H17BrN2O2. The number of carbonyl (C=O) groups is 2. The van der Waals surface area contributed by atoms with Crippen molar-refractivity contribution in [2.45, 2.75) is 33.6 Å². The van der Waals surface area contributed by atoms with Gasteiger partial charge < -0.3 is 0 Å². The lowest BCUT2D eigenvalue weighted by atomic mass is 9.74. The number of ketones is 2. The van der Waals surface area contributed by atoms with Crippen LogP contribution in [0.4, 0.5) is 5.69 Å². The Labute approximate surface area is 132 Å². The van der Waals surface area contributed by atoms with Gasteiger partial charge in [-0.05, 0) is 36.6 Å². The lowest BCUT2D eigenvalue weighted by Crippen LogP contribution is -2.32. The van der Waals surface area contributed by atoms with E-state index in [1.54, 1.807) is 19.1 Å². The fraction of sp³-hybridized carbons (Fsp3) is 0.375. The summed E-state index contributed by atoms with van der Waals surface area (Å²) >= 11 is 3.34. The second kappa shape index (κ2) is 6.02. The van der Waals surface area contributed by atoms with Crippen LogP contribution in [-0.4, -0.2) is 11.6 Å². The van der Waals surface area contributed by atoms with E-state index in [1.165, 1.54) is 0 Å². The quantitative estimate of drug-likeness (QED) is 0.439. The zero-order chi connectivity index (χ0) is 15.6. The number of hydrogen-bond donors (Lipinski definition) is 0. The summed E-state index contributed by atoms with van der Waals surface area (Å²) in [6.07, 6.45) is 0.748. The number of allylic oxidation sites excluding steroid dienone is 2. The topological polar surface area (TPSA) is 58.9 Å². The number of azo groups is 1. The molecule has 5 heteroatoms. The van der Waals surface area contributed by atoms with E-state index in [0.717, 1.165) is 4.47 Å². The second-order valence-electron chi connectivity index (χ2n) is 6.00. The van der Waals surface area contributed by atoms with E-state index in [1.807, 2.05) is 26.0 Å². The Morgan fingerprint density at radius 1 is 1.10 bits per heavy atom. The normalized spacial score (nSPS) is 18.4. The third-order valence-electron chi connectivity index (χ3n) is 3.34. The Kier molecular flexibility index (Phi) is 4.52. The second-order valence-corrected chi connectivity index (χ2v) is 6.92. The number of nitrogens with zero attached hydrogens (tertiary/aromatic N) is 2. The van der Waals surface area contributed by atoms with Gasteiger partial charge >= 0.3 is 0 Å². The Morgan fingerprint density at radius 2 is 1.62 bits per heavy atom. The van der Waals surface area contributed by atoms with Gasteiger partial charge in [-0.2, -0.15) is 10.2 Å². The number of halogens is 1. The van der Waals surface area contributed by atoms with Crippen LogP contribution in [0, 0.1) is 5.41 Å². The molecule has 0 N–H and O–H groups in total. The Hall–Kier alpha value is -1.62. The molecule has 1 fully saturated rings. The van der Waals surface area contributed by atoms with Gasteiger partial charge in [-0.15, -0.1) is 0 Å². The van der Waals surface area contributed by atoms with Crippen molar-refractivity contribution in [3.8, 4) is 0 Å². The molecule has 0 aromatic heterocycles. The van der Waals surface area contributed by atoms with Crippen LogP contribution in [0.25, 0.3) is 0 Å². The summed E-state index contributed by atoms with van der Waals surface area (Å²) in [5, 5.41) is 8.11. The van der Waals surface area contributed by atoms with Crippen molar-refractivity contribution in [1.82, 2.24) is 0 Å². The molecule has 110 valence electrons. The van der Waals surface area contributed by atoms with Crippen molar-refractivity contribution < 1.29 is 9.59 Å². The molecular weight excluding hydrogens is 332 g/mol. The third kappa shape index (κ3) is 3.94. The van der Waals surface area contributed by atoms with Crippen molar-refractivity contribution >= 4 is 33.2 Å². The highest BCUT2D eigenvalue weighted by Gasteiger charge is 2.36. The average Bonchev–Trinajstić information content (AvgIpc) is 2.35. The first-order valence-corrected chi connectivity index (χ1v) is 7.52. The largest absolute Gasteiger partial charge is 0.294 e. The first kappa shape index (κ1) is 15.8. The number of carbonyl (C=O) groups excluding carboxylic acids is 2. The molecule has 0 spiro atoms. The van der Waals surface area contributed by atoms with Gasteiger partial charge in [-0.25, -0.2) is 0 Å². The summed E-state index contributed by atoms with van der Waals surface area (Å²) in [7, 11) is 0. The summed E-state index contributed by atoms with van der Waals surface area (Å²) in [4.78, 5) is 24.3. The van der Waals surface area contributed by atoms with E-state index in [0.29, 0.717) is 24.2 Å². The lowest BCUT2D eigenvalue weighted by Gasteiger charge is -2.28. The van der Waals surface area contributed by atoms with Crippen LogP contribution in [0.5, 0.6) is 0 Å². The number of Topliss-reactive ketones (excluding diaryl/α,β-unsaturated/α-hetero) is 2. The van der Waals surface area contributed by atoms with Crippen molar-refractivity contribution in [1.29, 1.82) is 0 Å². The number of benzene rings is 1. The highest BCUT2D eigenvalue weighted by molar-refractivity contribution is 9.10. The summed E-state index contributed by atoms with van der Waals surface area (Å²) < 4.78 is 0.955. The molecule has 4 nitrogen and oxygen atoms in total. The molecule has 0 unspecified atom stereocenters.